The lowest BCUT2D eigenvalue weighted by atomic mass is 9.74. The average Bonchev–Trinajstić information content (AvgIpc) is 2.68. The molecular weight excluding hydrogens is 393 g/mol. The molecule has 0 saturated heterocycles. The molecule has 0 aliphatic heterocycles. The summed E-state index contributed by atoms with van der Waals surface area (Å²) < 4.78 is 12.9. The number of rotatable bonds is 5. The Balaban J connectivity index is 0.00000300. The standard InChI is InChI=1S/C22H26FN3O2.ClH/c1-22(24)13-3-2-4-19(22)21(28)25-14-15-5-7-16(8-6-15)20(27)26-18-11-9-17(23)10-12-18;/h5-12,19H,2-4,13-14,24H2,1H3,(H,25,28)(H,26,27);1H. The highest BCUT2D eigenvalue weighted by Crippen LogP contribution is 2.31. The van der Waals surface area contributed by atoms with Crippen molar-refractivity contribution in [2.24, 2.45) is 11.7 Å². The fraction of sp³-hybridized carbons (Fsp3) is 0.364. The minimum atomic E-state index is -0.454. The van der Waals surface area contributed by atoms with Crippen LogP contribution in [0.1, 0.15) is 48.5 Å². The van der Waals surface area contributed by atoms with Gasteiger partial charge in [0.15, 0.2) is 0 Å². The summed E-state index contributed by atoms with van der Waals surface area (Å²) in [6, 6.07) is 12.6. The number of benzene rings is 2. The average molecular weight is 420 g/mol. The molecule has 5 nitrogen and oxygen atoms in total. The highest BCUT2D eigenvalue weighted by Gasteiger charge is 2.37. The van der Waals surface area contributed by atoms with Crippen molar-refractivity contribution in [3.8, 4) is 0 Å². The molecule has 156 valence electrons. The zero-order valence-corrected chi connectivity index (χ0v) is 17.2. The first kappa shape index (κ1) is 22.8. The van der Waals surface area contributed by atoms with Gasteiger partial charge in [-0.1, -0.05) is 25.0 Å². The highest BCUT2D eigenvalue weighted by molar-refractivity contribution is 6.04. The quantitative estimate of drug-likeness (QED) is 0.684. The molecule has 4 N–H and O–H groups in total. The lowest BCUT2D eigenvalue weighted by molar-refractivity contribution is -0.128. The number of hydrogen-bond donors (Lipinski definition) is 3. The largest absolute Gasteiger partial charge is 0.352 e. The normalized spacial score (nSPS) is 21.0. The summed E-state index contributed by atoms with van der Waals surface area (Å²) in [4.78, 5) is 24.8. The maximum Gasteiger partial charge on any atom is 0.255 e. The van der Waals surface area contributed by atoms with Crippen LogP contribution in [0.2, 0.25) is 0 Å². The summed E-state index contributed by atoms with van der Waals surface area (Å²) in [5.74, 6) is -0.805. The first-order valence-electron chi connectivity index (χ1n) is 9.57. The van der Waals surface area contributed by atoms with Crippen molar-refractivity contribution in [2.75, 3.05) is 5.32 Å². The summed E-state index contributed by atoms with van der Waals surface area (Å²) in [6.45, 7) is 2.34. The van der Waals surface area contributed by atoms with E-state index in [9.17, 15) is 14.0 Å². The van der Waals surface area contributed by atoms with Crippen molar-refractivity contribution in [3.05, 3.63) is 65.5 Å². The number of carbonyl (C=O) groups excluding carboxylic acids is 2. The highest BCUT2D eigenvalue weighted by atomic mass is 35.5. The minimum absolute atomic E-state index is 0. The Hall–Kier alpha value is -2.44. The Kier molecular flexibility index (Phi) is 7.76. The zero-order chi connectivity index (χ0) is 20.1. The number of carbonyl (C=O) groups is 2. The molecule has 3 rings (SSSR count). The first-order chi connectivity index (χ1) is 13.3. The van der Waals surface area contributed by atoms with Gasteiger partial charge in [0.1, 0.15) is 5.82 Å². The molecule has 1 aliphatic rings. The molecule has 0 heterocycles. The predicted molar refractivity (Wildman–Crippen MR) is 114 cm³/mol. The summed E-state index contributed by atoms with van der Waals surface area (Å²) in [7, 11) is 0. The number of anilines is 1. The van der Waals surface area contributed by atoms with Gasteiger partial charge in [0.25, 0.3) is 5.91 Å². The third-order valence-electron chi connectivity index (χ3n) is 5.36. The van der Waals surface area contributed by atoms with Gasteiger partial charge in [-0.25, -0.2) is 4.39 Å². The van der Waals surface area contributed by atoms with Crippen molar-refractivity contribution in [2.45, 2.75) is 44.7 Å². The maximum absolute atomic E-state index is 12.9. The van der Waals surface area contributed by atoms with E-state index in [2.05, 4.69) is 10.6 Å². The Bertz CT molecular complexity index is 838. The van der Waals surface area contributed by atoms with Crippen LogP contribution in [-0.2, 0) is 11.3 Å². The van der Waals surface area contributed by atoms with Crippen molar-refractivity contribution in [3.63, 3.8) is 0 Å². The van der Waals surface area contributed by atoms with Crippen molar-refractivity contribution in [1.29, 1.82) is 0 Å². The van der Waals surface area contributed by atoms with Gasteiger partial charge < -0.3 is 16.4 Å². The van der Waals surface area contributed by atoms with E-state index in [1.807, 2.05) is 19.1 Å². The van der Waals surface area contributed by atoms with E-state index in [1.54, 1.807) is 12.1 Å². The van der Waals surface area contributed by atoms with Gasteiger partial charge in [-0.05, 0) is 61.7 Å². The Morgan fingerprint density at radius 2 is 1.76 bits per heavy atom. The molecule has 0 bridgehead atoms. The van der Waals surface area contributed by atoms with Crippen LogP contribution in [0.3, 0.4) is 0 Å². The fourth-order valence-corrected chi connectivity index (χ4v) is 3.61. The number of amides is 2. The summed E-state index contributed by atoms with van der Waals surface area (Å²) in [6.07, 6.45) is 3.78. The van der Waals surface area contributed by atoms with Crippen molar-refractivity contribution < 1.29 is 14.0 Å². The molecule has 1 saturated carbocycles. The molecule has 2 unspecified atom stereocenters. The predicted octanol–water partition coefficient (Wildman–Crippen LogP) is 4.02. The molecule has 7 heteroatoms. The number of nitrogens with two attached hydrogens (primary N) is 1. The molecule has 29 heavy (non-hydrogen) atoms. The van der Waals surface area contributed by atoms with Crippen molar-refractivity contribution >= 4 is 29.9 Å². The monoisotopic (exact) mass is 419 g/mol. The Morgan fingerprint density at radius 1 is 1.10 bits per heavy atom. The second-order valence-corrected chi connectivity index (χ2v) is 7.68. The van der Waals surface area contributed by atoms with Crippen LogP contribution in [0.15, 0.2) is 48.5 Å². The summed E-state index contributed by atoms with van der Waals surface area (Å²) in [5.41, 5.74) is 7.76. The number of halogens is 2. The second-order valence-electron chi connectivity index (χ2n) is 7.68. The van der Waals surface area contributed by atoms with Crippen LogP contribution >= 0.6 is 12.4 Å². The van der Waals surface area contributed by atoms with E-state index in [0.717, 1.165) is 31.2 Å². The molecule has 1 aliphatic carbocycles. The summed E-state index contributed by atoms with van der Waals surface area (Å²) >= 11 is 0. The number of nitrogens with one attached hydrogen (secondary N) is 2. The second kappa shape index (κ2) is 9.85. The van der Waals surface area contributed by atoms with Gasteiger partial charge in [-0.2, -0.15) is 0 Å². The number of hydrogen-bond acceptors (Lipinski definition) is 3. The minimum Gasteiger partial charge on any atom is -0.352 e. The third-order valence-corrected chi connectivity index (χ3v) is 5.36. The van der Waals surface area contributed by atoms with Crippen LogP contribution in [0, 0.1) is 11.7 Å². The van der Waals surface area contributed by atoms with E-state index < -0.39 is 5.54 Å². The summed E-state index contributed by atoms with van der Waals surface area (Å²) in [5, 5.41) is 5.68. The molecule has 0 radical (unpaired) electrons. The van der Waals surface area contributed by atoms with Gasteiger partial charge in [0.2, 0.25) is 5.91 Å². The van der Waals surface area contributed by atoms with E-state index in [0.29, 0.717) is 17.8 Å². The molecular formula is C22H27ClFN3O2. The van der Waals surface area contributed by atoms with Gasteiger partial charge in [-0.15, -0.1) is 12.4 Å². The van der Waals surface area contributed by atoms with Crippen molar-refractivity contribution in [1.82, 2.24) is 5.32 Å². The van der Waals surface area contributed by atoms with E-state index >= 15 is 0 Å². The molecule has 0 aromatic heterocycles. The Morgan fingerprint density at radius 3 is 2.38 bits per heavy atom. The zero-order valence-electron chi connectivity index (χ0n) is 16.4. The van der Waals surface area contributed by atoms with Crippen LogP contribution < -0.4 is 16.4 Å². The SMILES string of the molecule is CC1(N)CCCCC1C(=O)NCc1ccc(C(=O)Nc2ccc(F)cc2)cc1.Cl. The van der Waals surface area contributed by atoms with Crippen LogP contribution in [0.25, 0.3) is 0 Å². The van der Waals surface area contributed by atoms with Crippen LogP contribution in [0.4, 0.5) is 10.1 Å². The molecule has 2 aromatic rings. The van der Waals surface area contributed by atoms with Crippen LogP contribution in [0.5, 0.6) is 0 Å². The molecule has 2 aromatic carbocycles. The van der Waals surface area contributed by atoms with E-state index in [4.69, 9.17) is 5.73 Å². The van der Waals surface area contributed by atoms with E-state index in [1.165, 1.54) is 24.3 Å². The lowest BCUT2D eigenvalue weighted by Crippen LogP contribution is -2.52. The molecule has 0 spiro atoms. The van der Waals surface area contributed by atoms with Gasteiger partial charge in [0.05, 0.1) is 5.92 Å². The first-order valence-corrected chi connectivity index (χ1v) is 9.57. The maximum atomic E-state index is 12.9. The van der Waals surface area contributed by atoms with Crippen LogP contribution in [-0.4, -0.2) is 17.4 Å². The topological polar surface area (TPSA) is 84.2 Å². The third kappa shape index (κ3) is 6.02. The smallest absolute Gasteiger partial charge is 0.255 e. The van der Waals surface area contributed by atoms with Gasteiger partial charge >= 0.3 is 0 Å². The molecule has 1 fully saturated rings. The van der Waals surface area contributed by atoms with Gasteiger partial charge in [0, 0.05) is 23.3 Å². The Labute approximate surface area is 176 Å². The molecule has 2 amide bonds. The van der Waals surface area contributed by atoms with E-state index in [-0.39, 0.29) is 36.0 Å². The fourth-order valence-electron chi connectivity index (χ4n) is 3.61. The van der Waals surface area contributed by atoms with Gasteiger partial charge in [-0.3, -0.25) is 9.59 Å². The lowest BCUT2D eigenvalue weighted by Gasteiger charge is -2.37. The molecule has 2 atom stereocenters.